The highest BCUT2D eigenvalue weighted by Crippen LogP contribution is 2.31. The fourth-order valence-electron chi connectivity index (χ4n) is 2.78. The summed E-state index contributed by atoms with van der Waals surface area (Å²) in [6.45, 7) is 4.06. The molecule has 104 valence electrons. The lowest BCUT2D eigenvalue weighted by atomic mass is 9.98. The number of aromatic nitrogens is 2. The van der Waals surface area contributed by atoms with Gasteiger partial charge in [-0.1, -0.05) is 6.07 Å². The van der Waals surface area contributed by atoms with E-state index in [2.05, 4.69) is 52.4 Å². The molecule has 4 heteroatoms. The number of nitrogens with zero attached hydrogens (tertiary/aromatic N) is 3. The molecule has 0 saturated carbocycles. The third-order valence-electron chi connectivity index (χ3n) is 3.75. The number of nitrogens with one attached hydrogen (secondary N) is 1. The van der Waals surface area contributed by atoms with Crippen LogP contribution < -0.4 is 10.2 Å². The summed E-state index contributed by atoms with van der Waals surface area (Å²) < 4.78 is 0. The van der Waals surface area contributed by atoms with Crippen molar-refractivity contribution in [1.29, 1.82) is 0 Å². The van der Waals surface area contributed by atoms with Crippen molar-refractivity contribution in [3.05, 3.63) is 36.2 Å². The van der Waals surface area contributed by atoms with Crippen LogP contribution in [0.25, 0.3) is 11.3 Å². The Morgan fingerprint density at radius 1 is 1.25 bits per heavy atom. The molecule has 2 heterocycles. The highest BCUT2D eigenvalue weighted by Gasteiger charge is 2.15. The number of anilines is 2. The van der Waals surface area contributed by atoms with Crippen LogP contribution in [0, 0.1) is 0 Å². The first-order chi connectivity index (χ1) is 9.79. The summed E-state index contributed by atoms with van der Waals surface area (Å²) in [6.07, 6.45) is 5.84. The molecule has 0 fully saturated rings. The summed E-state index contributed by atoms with van der Waals surface area (Å²) in [5.74, 6) is 0.860. The molecule has 0 bridgehead atoms. The Hall–Kier alpha value is -2.10. The highest BCUT2D eigenvalue weighted by molar-refractivity contribution is 5.74. The largest absolute Gasteiger partial charge is 0.374 e. The maximum atomic E-state index is 4.50. The maximum Gasteiger partial charge on any atom is 0.152 e. The molecule has 0 atom stereocenters. The molecule has 0 aliphatic carbocycles. The molecule has 1 aromatic heterocycles. The lowest BCUT2D eigenvalue weighted by Gasteiger charge is -2.27. The zero-order valence-corrected chi connectivity index (χ0v) is 12.1. The fourth-order valence-corrected chi connectivity index (χ4v) is 2.78. The third kappa shape index (κ3) is 2.33. The molecular weight excluding hydrogens is 248 g/mol. The molecule has 20 heavy (non-hydrogen) atoms. The standard InChI is InChI=1S/C16H20N4/c1-3-17-16-15(18-8-9-19-16)13-6-7-14-12(11-13)5-4-10-20(14)2/h6-9,11H,3-5,10H2,1-2H3,(H,17,19). The van der Waals surface area contributed by atoms with Gasteiger partial charge in [-0.05, 0) is 37.5 Å². The average Bonchev–Trinajstić information content (AvgIpc) is 2.48. The monoisotopic (exact) mass is 268 g/mol. The summed E-state index contributed by atoms with van der Waals surface area (Å²) in [4.78, 5) is 11.2. The number of rotatable bonds is 3. The van der Waals surface area contributed by atoms with Gasteiger partial charge in [0.2, 0.25) is 0 Å². The van der Waals surface area contributed by atoms with E-state index in [-0.39, 0.29) is 0 Å². The fraction of sp³-hybridized carbons (Fsp3) is 0.375. The van der Waals surface area contributed by atoms with E-state index in [1.807, 2.05) is 0 Å². The summed E-state index contributed by atoms with van der Waals surface area (Å²) in [7, 11) is 2.16. The number of aryl methyl sites for hydroxylation is 1. The van der Waals surface area contributed by atoms with E-state index in [1.54, 1.807) is 12.4 Å². The highest BCUT2D eigenvalue weighted by atomic mass is 15.1. The zero-order valence-electron chi connectivity index (χ0n) is 12.1. The minimum Gasteiger partial charge on any atom is -0.374 e. The molecular formula is C16H20N4. The van der Waals surface area contributed by atoms with Gasteiger partial charge in [0.05, 0.1) is 0 Å². The SMILES string of the molecule is CCNc1nccnc1-c1ccc2c(c1)CCCN2C. The normalized spacial score (nSPS) is 14.0. The second kappa shape index (κ2) is 5.49. The van der Waals surface area contributed by atoms with E-state index >= 15 is 0 Å². The molecule has 4 nitrogen and oxygen atoms in total. The van der Waals surface area contributed by atoms with Gasteiger partial charge in [-0.25, -0.2) is 4.98 Å². The molecule has 1 aromatic carbocycles. The molecule has 1 N–H and O–H groups in total. The van der Waals surface area contributed by atoms with E-state index in [0.29, 0.717) is 0 Å². The number of fused-ring (bicyclic) bond motifs is 1. The van der Waals surface area contributed by atoms with Gasteiger partial charge in [0.25, 0.3) is 0 Å². The molecule has 1 aliphatic rings. The smallest absolute Gasteiger partial charge is 0.152 e. The van der Waals surface area contributed by atoms with Crippen LogP contribution in [0.1, 0.15) is 18.9 Å². The van der Waals surface area contributed by atoms with Crippen LogP contribution >= 0.6 is 0 Å². The van der Waals surface area contributed by atoms with Crippen LogP contribution in [-0.2, 0) is 6.42 Å². The minimum atomic E-state index is 0.847. The van der Waals surface area contributed by atoms with E-state index in [1.165, 1.54) is 17.7 Å². The summed E-state index contributed by atoms with van der Waals surface area (Å²) >= 11 is 0. The molecule has 0 amide bonds. The third-order valence-corrected chi connectivity index (χ3v) is 3.75. The molecule has 1 aliphatic heterocycles. The number of hydrogen-bond acceptors (Lipinski definition) is 4. The molecule has 3 rings (SSSR count). The van der Waals surface area contributed by atoms with E-state index < -0.39 is 0 Å². The predicted octanol–water partition coefficient (Wildman–Crippen LogP) is 2.96. The van der Waals surface area contributed by atoms with Gasteiger partial charge in [0.1, 0.15) is 5.69 Å². The Balaban J connectivity index is 2.03. The molecule has 2 aromatic rings. The van der Waals surface area contributed by atoms with Crippen LogP contribution in [0.15, 0.2) is 30.6 Å². The quantitative estimate of drug-likeness (QED) is 0.929. The van der Waals surface area contributed by atoms with Crippen molar-refractivity contribution < 1.29 is 0 Å². The summed E-state index contributed by atoms with van der Waals surface area (Å²) in [5, 5.41) is 3.28. The van der Waals surface area contributed by atoms with E-state index in [0.717, 1.165) is 36.6 Å². The van der Waals surface area contributed by atoms with Crippen LogP contribution in [0.5, 0.6) is 0 Å². The number of benzene rings is 1. The van der Waals surface area contributed by atoms with Crippen molar-refractivity contribution in [2.75, 3.05) is 30.4 Å². The van der Waals surface area contributed by atoms with Crippen LogP contribution in [0.2, 0.25) is 0 Å². The van der Waals surface area contributed by atoms with Crippen LogP contribution in [-0.4, -0.2) is 30.1 Å². The van der Waals surface area contributed by atoms with Crippen molar-refractivity contribution in [1.82, 2.24) is 9.97 Å². The second-order valence-corrected chi connectivity index (χ2v) is 5.15. The molecule has 0 saturated heterocycles. The van der Waals surface area contributed by atoms with E-state index in [4.69, 9.17) is 0 Å². The summed E-state index contributed by atoms with van der Waals surface area (Å²) in [6, 6.07) is 6.61. The average molecular weight is 268 g/mol. The Morgan fingerprint density at radius 2 is 2.10 bits per heavy atom. The van der Waals surface area contributed by atoms with Crippen molar-refractivity contribution in [3.8, 4) is 11.3 Å². The van der Waals surface area contributed by atoms with Crippen molar-refractivity contribution in [3.63, 3.8) is 0 Å². The topological polar surface area (TPSA) is 41.1 Å². The first kappa shape index (κ1) is 12.9. The van der Waals surface area contributed by atoms with Crippen LogP contribution in [0.4, 0.5) is 11.5 Å². The lowest BCUT2D eigenvalue weighted by Crippen LogP contribution is -2.24. The van der Waals surface area contributed by atoms with E-state index in [9.17, 15) is 0 Å². The zero-order chi connectivity index (χ0) is 13.9. The van der Waals surface area contributed by atoms with Gasteiger partial charge in [0, 0.05) is 43.8 Å². The van der Waals surface area contributed by atoms with Gasteiger partial charge in [0.15, 0.2) is 5.82 Å². The second-order valence-electron chi connectivity index (χ2n) is 5.15. The Labute approximate surface area is 119 Å². The predicted molar refractivity (Wildman–Crippen MR) is 83.2 cm³/mol. The Bertz CT molecular complexity index is 609. The van der Waals surface area contributed by atoms with Gasteiger partial charge < -0.3 is 10.2 Å². The molecule has 0 unspecified atom stereocenters. The van der Waals surface area contributed by atoms with Gasteiger partial charge in [-0.2, -0.15) is 0 Å². The summed E-state index contributed by atoms with van der Waals surface area (Å²) in [5.41, 5.74) is 4.83. The van der Waals surface area contributed by atoms with Crippen molar-refractivity contribution >= 4 is 11.5 Å². The van der Waals surface area contributed by atoms with Crippen molar-refractivity contribution in [2.45, 2.75) is 19.8 Å². The first-order valence-corrected chi connectivity index (χ1v) is 7.19. The minimum absolute atomic E-state index is 0.847. The molecule has 0 spiro atoms. The van der Waals surface area contributed by atoms with Gasteiger partial charge in [-0.3, -0.25) is 4.98 Å². The van der Waals surface area contributed by atoms with Crippen molar-refractivity contribution in [2.24, 2.45) is 0 Å². The Kier molecular flexibility index (Phi) is 3.54. The number of hydrogen-bond donors (Lipinski definition) is 1. The van der Waals surface area contributed by atoms with Gasteiger partial charge >= 0.3 is 0 Å². The Morgan fingerprint density at radius 3 is 2.95 bits per heavy atom. The van der Waals surface area contributed by atoms with Crippen LogP contribution in [0.3, 0.4) is 0 Å². The first-order valence-electron chi connectivity index (χ1n) is 7.19. The van der Waals surface area contributed by atoms with Gasteiger partial charge in [-0.15, -0.1) is 0 Å². The molecule has 0 radical (unpaired) electrons. The maximum absolute atomic E-state index is 4.50. The lowest BCUT2D eigenvalue weighted by molar-refractivity contribution is 0.745.